The highest BCUT2D eigenvalue weighted by molar-refractivity contribution is 7.63. The second-order valence-electron chi connectivity index (χ2n) is 1.20. The van der Waals surface area contributed by atoms with Crippen molar-refractivity contribution in [3.8, 4) is 0 Å². The van der Waals surface area contributed by atoms with E-state index in [0.717, 1.165) is 0 Å². The summed E-state index contributed by atoms with van der Waals surface area (Å²) < 4.78 is 36.3. The van der Waals surface area contributed by atoms with E-state index in [4.69, 9.17) is 14.7 Å². The van der Waals surface area contributed by atoms with E-state index >= 15 is 0 Å². The summed E-state index contributed by atoms with van der Waals surface area (Å²) in [5.41, 5.74) is 0. The third kappa shape index (κ3) is 6.75. The van der Waals surface area contributed by atoms with Crippen molar-refractivity contribution in [2.45, 2.75) is 0 Å². The van der Waals surface area contributed by atoms with Crippen molar-refractivity contribution in [2.75, 3.05) is 0 Å². The highest BCUT2D eigenvalue weighted by atomic mass is 31.3. The molecule has 11 heavy (non-hydrogen) atoms. The van der Waals surface area contributed by atoms with E-state index in [1.807, 2.05) is 0 Å². The van der Waals surface area contributed by atoms with E-state index in [0.29, 0.717) is 0 Å². The quantitative estimate of drug-likeness (QED) is 0.585. The van der Waals surface area contributed by atoms with Gasteiger partial charge in [0.05, 0.1) is 0 Å². The van der Waals surface area contributed by atoms with Crippen LogP contribution in [0.3, 0.4) is 0 Å². The summed E-state index contributed by atoms with van der Waals surface area (Å²) >= 11 is 0. The van der Waals surface area contributed by atoms with Gasteiger partial charge in [-0.1, -0.05) is 0 Å². The molecular formula is H3O8P3. The van der Waals surface area contributed by atoms with Crippen LogP contribution in [-0.2, 0) is 22.3 Å². The molecule has 0 aliphatic rings. The van der Waals surface area contributed by atoms with Crippen LogP contribution in [0.1, 0.15) is 0 Å². The predicted molar refractivity (Wildman–Crippen MR) is 31.6 cm³/mol. The van der Waals surface area contributed by atoms with Gasteiger partial charge in [-0.05, 0) is 0 Å². The molecule has 0 heterocycles. The first-order chi connectivity index (χ1) is 4.77. The summed E-state index contributed by atoms with van der Waals surface area (Å²) in [6.07, 6.45) is 0. The van der Waals surface area contributed by atoms with Gasteiger partial charge in [-0.25, -0.2) is 13.7 Å². The minimum absolute atomic E-state index is 1.21. The first-order valence-corrected chi connectivity index (χ1v) is 5.63. The lowest BCUT2D eigenvalue weighted by atomic mass is 15.7. The van der Waals surface area contributed by atoms with E-state index in [-0.39, 0.29) is 0 Å². The second kappa shape index (κ2) is 3.85. The molecule has 66 valence electrons. The van der Waals surface area contributed by atoms with Crippen LogP contribution >= 0.6 is 24.3 Å². The van der Waals surface area contributed by atoms with E-state index in [9.17, 15) is 13.7 Å². The number of phosphoric acid groups is 2. The molecular weight excluding hydrogens is 221 g/mol. The molecule has 0 fully saturated rings. The molecule has 3 N–H and O–H groups in total. The van der Waals surface area contributed by atoms with Crippen molar-refractivity contribution in [1.29, 1.82) is 0 Å². The van der Waals surface area contributed by atoms with Gasteiger partial charge < -0.3 is 14.7 Å². The zero-order chi connectivity index (χ0) is 9.12. The lowest BCUT2D eigenvalue weighted by Gasteiger charge is -2.06. The maximum absolute atomic E-state index is 10.2. The van der Waals surface area contributed by atoms with E-state index < -0.39 is 24.3 Å². The first-order valence-electron chi connectivity index (χ1n) is 1.88. The molecule has 0 aliphatic heterocycles. The lowest BCUT2D eigenvalue weighted by molar-refractivity contribution is 0.233. The Labute approximate surface area is 62.3 Å². The van der Waals surface area contributed by atoms with Gasteiger partial charge in [0.1, 0.15) is 0 Å². The van der Waals surface area contributed by atoms with Gasteiger partial charge in [0.25, 0.3) is 0 Å². The van der Waals surface area contributed by atoms with Crippen molar-refractivity contribution < 1.29 is 37.0 Å². The minimum atomic E-state index is -5.10. The molecule has 1 atom stereocenters. The van der Waals surface area contributed by atoms with Crippen molar-refractivity contribution in [3.63, 3.8) is 0 Å². The molecule has 0 aromatic heterocycles. The zero-order valence-corrected chi connectivity index (χ0v) is 7.41. The van der Waals surface area contributed by atoms with Gasteiger partial charge in [-0.15, -0.1) is 0 Å². The Morgan fingerprint density at radius 2 is 1.64 bits per heavy atom. The molecule has 0 spiro atoms. The van der Waals surface area contributed by atoms with Crippen molar-refractivity contribution >= 4 is 24.3 Å². The van der Waals surface area contributed by atoms with Crippen molar-refractivity contribution in [2.24, 2.45) is 0 Å². The molecule has 0 radical (unpaired) electrons. The summed E-state index contributed by atoms with van der Waals surface area (Å²) in [6.45, 7) is 0. The van der Waals surface area contributed by atoms with Crippen LogP contribution in [-0.4, -0.2) is 14.7 Å². The Bertz CT molecular complexity index is 221. The highest BCUT2D eigenvalue weighted by Gasteiger charge is 2.32. The summed E-state index contributed by atoms with van der Waals surface area (Å²) in [7, 11) is -11.2. The van der Waals surface area contributed by atoms with Gasteiger partial charge in [0.15, 0.2) is 0 Å². The van der Waals surface area contributed by atoms with Crippen LogP contribution in [0.25, 0.3) is 0 Å². The molecule has 0 saturated heterocycles. The third-order valence-electron chi connectivity index (χ3n) is 0.346. The summed E-state index contributed by atoms with van der Waals surface area (Å²) in [5, 5.41) is 0. The van der Waals surface area contributed by atoms with Crippen LogP contribution < -0.4 is 0 Å². The molecule has 0 saturated carbocycles. The van der Waals surface area contributed by atoms with Crippen LogP contribution in [0.4, 0.5) is 0 Å². The maximum atomic E-state index is 10.2. The first kappa shape index (κ1) is 11.4. The Balaban J connectivity index is 4.25. The molecule has 0 amide bonds. The average Bonchev–Trinajstić information content (AvgIpc) is 1.55. The smallest absolute Gasteiger partial charge is 0.302 e. The highest BCUT2D eigenvalue weighted by Crippen LogP contribution is 2.59. The van der Waals surface area contributed by atoms with Crippen LogP contribution in [0.15, 0.2) is 0 Å². The van der Waals surface area contributed by atoms with Gasteiger partial charge in [-0.3, -0.25) is 0 Å². The molecule has 0 bridgehead atoms. The normalized spacial score (nSPS) is 18.1. The Morgan fingerprint density at radius 3 is 1.91 bits per heavy atom. The number of rotatable bonds is 4. The van der Waals surface area contributed by atoms with E-state index in [2.05, 4.69) is 8.62 Å². The fourth-order valence-corrected chi connectivity index (χ4v) is 1.99. The maximum Gasteiger partial charge on any atom is 0.491 e. The lowest BCUT2D eigenvalue weighted by Crippen LogP contribution is -1.86. The summed E-state index contributed by atoms with van der Waals surface area (Å²) in [5.74, 6) is 0. The SMILES string of the molecule is O=POP(=O)(O)OP(=O)(O)O. The Morgan fingerprint density at radius 1 is 1.18 bits per heavy atom. The molecule has 8 nitrogen and oxygen atoms in total. The topological polar surface area (TPSA) is 130 Å². The molecule has 1 unspecified atom stereocenters. The van der Waals surface area contributed by atoms with Gasteiger partial charge in [0, 0.05) is 0 Å². The van der Waals surface area contributed by atoms with Crippen molar-refractivity contribution in [3.05, 3.63) is 0 Å². The van der Waals surface area contributed by atoms with Crippen LogP contribution in [0.5, 0.6) is 0 Å². The van der Waals surface area contributed by atoms with Crippen LogP contribution in [0, 0.1) is 0 Å². The standard InChI is InChI=1S/H3O8P3/c1-9-7-11(5,6)8-10(2,3)4/h(H,5,6)(H2,2,3,4). The second-order valence-corrected chi connectivity index (χ2v) is 4.57. The number of hydrogen-bond donors (Lipinski definition) is 3. The summed E-state index contributed by atoms with van der Waals surface area (Å²) in [4.78, 5) is 24.2. The average molecular weight is 224 g/mol. The van der Waals surface area contributed by atoms with Gasteiger partial charge >= 0.3 is 24.3 Å². The fraction of sp³-hybridized carbons (Fsp3) is 0. The molecule has 11 heteroatoms. The van der Waals surface area contributed by atoms with E-state index in [1.54, 1.807) is 0 Å². The Hall–Kier alpha value is 0.360. The minimum Gasteiger partial charge on any atom is -0.302 e. The van der Waals surface area contributed by atoms with E-state index in [1.165, 1.54) is 0 Å². The predicted octanol–water partition coefficient (Wildman–Crippen LogP) is 0.419. The molecule has 0 rings (SSSR count). The van der Waals surface area contributed by atoms with Crippen LogP contribution in [0.2, 0.25) is 0 Å². The zero-order valence-electron chi connectivity index (χ0n) is 4.72. The number of hydrogen-bond acceptors (Lipinski definition) is 5. The molecule has 0 aliphatic carbocycles. The molecule has 0 aromatic rings. The molecule has 0 aromatic carbocycles. The monoisotopic (exact) mass is 224 g/mol. The Kier molecular flexibility index (Phi) is 3.97. The van der Waals surface area contributed by atoms with Gasteiger partial charge in [0.2, 0.25) is 0 Å². The van der Waals surface area contributed by atoms with Gasteiger partial charge in [-0.2, -0.15) is 8.62 Å². The summed E-state index contributed by atoms with van der Waals surface area (Å²) in [6, 6.07) is 0. The van der Waals surface area contributed by atoms with Crippen molar-refractivity contribution in [1.82, 2.24) is 0 Å². The third-order valence-corrected chi connectivity index (χ3v) is 3.11. The fourth-order valence-electron chi connectivity index (χ4n) is 0.191. The largest absolute Gasteiger partial charge is 0.491 e.